The van der Waals surface area contributed by atoms with Crippen LogP contribution in [0.15, 0.2) is 52.9 Å². The predicted molar refractivity (Wildman–Crippen MR) is 78.2 cm³/mol. The molecule has 3 aromatic rings. The average Bonchev–Trinajstić information content (AvgIpc) is 2.53. The number of rotatable bonds is 0. The molecule has 2 aromatic carbocycles. The van der Waals surface area contributed by atoms with Crippen LogP contribution < -0.4 is 18.6 Å². The van der Waals surface area contributed by atoms with E-state index in [-0.39, 0.29) is 0 Å². The first-order valence-electron chi connectivity index (χ1n) is 7.39. The third-order valence-electron chi connectivity index (χ3n) is 4.14. The van der Waals surface area contributed by atoms with Gasteiger partial charge in [0.15, 0.2) is 0 Å². The van der Waals surface area contributed by atoms with Gasteiger partial charge in [-0.1, -0.05) is 30.3 Å². The summed E-state index contributed by atoms with van der Waals surface area (Å²) in [5.41, 5.74) is 6.38. The number of hydrogen-bond acceptors (Lipinski definition) is 4. The Morgan fingerprint density at radius 2 is 1.50 bits per heavy atom. The van der Waals surface area contributed by atoms with Gasteiger partial charge in [-0.05, 0) is 43.0 Å². The van der Waals surface area contributed by atoms with E-state index < -0.39 is 10.2 Å². The third-order valence-corrected chi connectivity index (χ3v) is 4.14. The monoisotopic (exact) mass is 346 g/mol. The van der Waals surface area contributed by atoms with Crippen molar-refractivity contribution in [3.63, 3.8) is 0 Å². The van der Waals surface area contributed by atoms with E-state index in [2.05, 4.69) is 49.4 Å². The Kier molecular flexibility index (Phi) is 4.54. The number of fused-ring (bicyclic) bond motifs is 4. The van der Waals surface area contributed by atoms with Gasteiger partial charge in [0.2, 0.25) is 0 Å². The van der Waals surface area contributed by atoms with Crippen molar-refractivity contribution in [2.45, 2.75) is 19.8 Å². The quantitative estimate of drug-likeness (QED) is 0.534. The Morgan fingerprint density at radius 3 is 2.25 bits per heavy atom. The highest BCUT2D eigenvalue weighted by Gasteiger charge is 2.29. The Hall–Kier alpha value is -2.02. The molecule has 0 atom stereocenters. The first-order chi connectivity index (χ1) is 11.3. The van der Waals surface area contributed by atoms with Crippen LogP contribution in [0.5, 0.6) is 0 Å². The van der Waals surface area contributed by atoms with E-state index in [9.17, 15) is 0 Å². The average molecular weight is 347 g/mol. The minimum absolute atomic E-state index is 0.982. The lowest BCUT2D eigenvalue weighted by molar-refractivity contribution is -2.00. The van der Waals surface area contributed by atoms with Crippen LogP contribution in [0.2, 0.25) is 0 Å². The van der Waals surface area contributed by atoms with Crippen molar-refractivity contribution in [3.05, 3.63) is 65.2 Å². The molecule has 0 fully saturated rings. The van der Waals surface area contributed by atoms with Crippen LogP contribution in [-0.4, -0.2) is 0 Å². The van der Waals surface area contributed by atoms with Crippen molar-refractivity contribution >= 4 is 11.0 Å². The molecule has 0 aliphatic heterocycles. The molecule has 4 rings (SSSR count). The molecule has 0 radical (unpaired) electrons. The summed E-state index contributed by atoms with van der Waals surface area (Å²) in [6.45, 7) is 2.21. The topological polar surface area (TPSA) is 104 Å². The van der Waals surface area contributed by atoms with Gasteiger partial charge in [0.05, 0.1) is 16.5 Å². The van der Waals surface area contributed by atoms with E-state index in [1.807, 2.05) is 6.07 Å². The molecule has 1 aliphatic rings. The maximum absolute atomic E-state index is 8.49. The molecule has 0 N–H and O–H groups in total. The normalized spacial score (nSPS) is 12.9. The molecule has 0 bridgehead atoms. The molecule has 0 unspecified atom stereocenters. The Morgan fingerprint density at radius 1 is 0.875 bits per heavy atom. The zero-order valence-electron chi connectivity index (χ0n) is 13.0. The van der Waals surface area contributed by atoms with Crippen LogP contribution in [0.4, 0.5) is 0 Å². The van der Waals surface area contributed by atoms with Crippen molar-refractivity contribution in [1.82, 2.24) is 0 Å². The third kappa shape index (κ3) is 3.56. The molecule has 6 heteroatoms. The second kappa shape index (κ2) is 6.47. The molecule has 0 spiro atoms. The summed E-state index contributed by atoms with van der Waals surface area (Å²) in [6, 6.07) is 16.9. The van der Waals surface area contributed by atoms with Gasteiger partial charge >= 0.3 is 11.3 Å². The first kappa shape index (κ1) is 16.8. The van der Waals surface area contributed by atoms with E-state index >= 15 is 0 Å². The molecule has 0 saturated heterocycles. The molecule has 1 aliphatic carbocycles. The molecular formula is C18H15ClO5. The standard InChI is InChI=1S/C18H15O.ClHO4/c1-12-14-7-4-5-9-17(14)19-18-15(12)11-10-13-6-2-3-8-16(13)18;2-1(3,4)5/h2-9H,10-11H2,1H3;(H,2,3,4,5)/q+1;/p-1. The molecule has 0 amide bonds. The lowest BCUT2D eigenvalue weighted by Gasteiger charge is -2.17. The van der Waals surface area contributed by atoms with Crippen LogP contribution >= 0.6 is 0 Å². The number of hydrogen-bond donors (Lipinski definition) is 0. The van der Waals surface area contributed by atoms with Crippen molar-refractivity contribution in [2.75, 3.05) is 0 Å². The number of benzene rings is 2. The van der Waals surface area contributed by atoms with Crippen LogP contribution in [0.1, 0.15) is 16.7 Å². The van der Waals surface area contributed by atoms with E-state index in [0.29, 0.717) is 0 Å². The van der Waals surface area contributed by atoms with E-state index in [1.165, 1.54) is 27.6 Å². The Balaban J connectivity index is 0.000000300. The highest BCUT2D eigenvalue weighted by molar-refractivity contribution is 5.85. The van der Waals surface area contributed by atoms with Crippen molar-refractivity contribution in [2.24, 2.45) is 0 Å². The number of halogens is 1. The SMILES string of the molecule is Cc1c2c([o+]c3ccccc13)-c1ccccc1CC2.[O-][Cl+3]([O-])([O-])[O-]. The first-order valence-corrected chi connectivity index (χ1v) is 8.62. The largest absolute Gasteiger partial charge is 0.364 e. The van der Waals surface area contributed by atoms with E-state index in [0.717, 1.165) is 24.2 Å². The van der Waals surface area contributed by atoms with Gasteiger partial charge in [0, 0.05) is 6.07 Å². The minimum Gasteiger partial charge on any atom is -0.222 e. The summed E-state index contributed by atoms with van der Waals surface area (Å²) in [7, 11) is -4.94. The zero-order chi connectivity index (χ0) is 17.3. The van der Waals surface area contributed by atoms with Crippen LogP contribution in [0, 0.1) is 17.2 Å². The van der Waals surface area contributed by atoms with Crippen LogP contribution in [0.25, 0.3) is 22.3 Å². The van der Waals surface area contributed by atoms with Gasteiger partial charge in [-0.15, -0.1) is 10.2 Å². The lowest BCUT2D eigenvalue weighted by Crippen LogP contribution is -2.68. The van der Waals surface area contributed by atoms with Crippen molar-refractivity contribution < 1.29 is 33.3 Å². The van der Waals surface area contributed by atoms with Crippen molar-refractivity contribution in [3.8, 4) is 11.3 Å². The highest BCUT2D eigenvalue weighted by atomic mass is 35.7. The molecule has 124 valence electrons. The number of para-hydroxylation sites is 1. The number of aryl methyl sites for hydroxylation is 2. The predicted octanol–water partition coefficient (Wildman–Crippen LogP) is 0.0319. The Labute approximate surface area is 141 Å². The highest BCUT2D eigenvalue weighted by Crippen LogP contribution is 2.38. The fourth-order valence-corrected chi connectivity index (χ4v) is 3.11. The fourth-order valence-electron chi connectivity index (χ4n) is 3.11. The summed E-state index contributed by atoms with van der Waals surface area (Å²) in [4.78, 5) is 0. The van der Waals surface area contributed by atoms with Crippen molar-refractivity contribution in [1.29, 1.82) is 0 Å². The summed E-state index contributed by atoms with van der Waals surface area (Å²) in [5.74, 6) is 1.07. The second-order valence-corrected chi connectivity index (χ2v) is 6.32. The summed E-state index contributed by atoms with van der Waals surface area (Å²) >= 11 is 0. The van der Waals surface area contributed by atoms with E-state index in [1.54, 1.807) is 0 Å². The molecular weight excluding hydrogens is 332 g/mol. The van der Waals surface area contributed by atoms with Gasteiger partial charge in [-0.25, -0.2) is 23.1 Å². The van der Waals surface area contributed by atoms with E-state index in [4.69, 9.17) is 23.1 Å². The molecule has 24 heavy (non-hydrogen) atoms. The Bertz CT molecular complexity index is 880. The smallest absolute Gasteiger partial charge is 0.222 e. The van der Waals surface area contributed by atoms with Crippen LogP contribution in [0.3, 0.4) is 0 Å². The van der Waals surface area contributed by atoms with Gasteiger partial charge in [-0.2, -0.15) is 0 Å². The van der Waals surface area contributed by atoms with Gasteiger partial charge in [0.1, 0.15) is 0 Å². The maximum atomic E-state index is 8.49. The summed E-state index contributed by atoms with van der Waals surface area (Å²) in [6.07, 6.45) is 2.18. The van der Waals surface area contributed by atoms with Crippen LogP contribution in [-0.2, 0) is 12.8 Å². The maximum Gasteiger partial charge on any atom is 0.364 e. The lowest BCUT2D eigenvalue weighted by atomic mass is 9.87. The molecule has 0 saturated carbocycles. The van der Waals surface area contributed by atoms with Gasteiger partial charge in [-0.3, -0.25) is 0 Å². The summed E-state index contributed by atoms with van der Waals surface area (Å²) < 4.78 is 40.2. The molecule has 1 aromatic heterocycles. The second-order valence-electron chi connectivity index (χ2n) is 5.57. The van der Waals surface area contributed by atoms with Gasteiger partial charge in [0.25, 0.3) is 0 Å². The fraction of sp³-hybridized carbons (Fsp3) is 0.167. The summed E-state index contributed by atoms with van der Waals surface area (Å²) in [5, 5.41) is 1.24. The molecule has 1 heterocycles. The zero-order valence-corrected chi connectivity index (χ0v) is 13.7. The van der Waals surface area contributed by atoms with Gasteiger partial charge < -0.3 is 0 Å². The minimum atomic E-state index is -4.94. The molecule has 5 nitrogen and oxygen atoms in total.